The van der Waals surface area contributed by atoms with E-state index in [0.29, 0.717) is 12.9 Å². The molecule has 3 aliphatic rings. The molecular weight excluding hydrogens is 537 g/mol. The molecule has 0 saturated carbocycles. The summed E-state index contributed by atoms with van der Waals surface area (Å²) in [5.74, 6) is 2.63. The van der Waals surface area contributed by atoms with Gasteiger partial charge in [-0.1, -0.05) is 6.07 Å². The summed E-state index contributed by atoms with van der Waals surface area (Å²) < 4.78 is 28.0. The second kappa shape index (κ2) is 13.0. The molecule has 0 unspecified atom stereocenters. The van der Waals surface area contributed by atoms with E-state index in [1.807, 2.05) is 13.1 Å². The zero-order valence-electron chi connectivity index (χ0n) is 19.8. The first-order valence-corrected chi connectivity index (χ1v) is 11.8. The Balaban J connectivity index is 0.00000306. The van der Waals surface area contributed by atoms with E-state index in [1.54, 1.807) is 7.11 Å². The van der Waals surface area contributed by atoms with Gasteiger partial charge in [-0.3, -0.25) is 4.99 Å². The number of benzene rings is 1. The molecule has 0 bridgehead atoms. The Labute approximate surface area is 214 Å². The summed E-state index contributed by atoms with van der Waals surface area (Å²) in [6, 6.07) is 6.35. The molecule has 2 fully saturated rings. The first kappa shape index (κ1) is 26.3. The fourth-order valence-electron chi connectivity index (χ4n) is 4.82. The lowest BCUT2D eigenvalue weighted by atomic mass is 9.74. The normalized spacial score (nSPS) is 20.4. The van der Waals surface area contributed by atoms with E-state index in [9.17, 15) is 0 Å². The average molecular weight is 575 g/mol. The van der Waals surface area contributed by atoms with Gasteiger partial charge in [-0.25, -0.2) is 0 Å². The number of rotatable bonds is 8. The molecule has 0 atom stereocenters. The SMILES string of the molecule is CN=C(NCC1(c2ccc3c(c2)OCO3)CCOCC1)N1CCC(OCCCOC)CC1.I. The molecule has 186 valence electrons. The van der Waals surface area contributed by atoms with Gasteiger partial charge in [0.25, 0.3) is 0 Å². The Bertz CT molecular complexity index is 764. The number of ether oxygens (including phenoxy) is 5. The minimum absolute atomic E-state index is 0. The van der Waals surface area contributed by atoms with Crippen LogP contribution in [0.4, 0.5) is 0 Å². The summed E-state index contributed by atoms with van der Waals surface area (Å²) in [6.45, 7) is 6.07. The molecule has 1 aromatic rings. The number of guanidine groups is 1. The molecule has 0 spiro atoms. The Morgan fingerprint density at radius 2 is 1.91 bits per heavy atom. The Hall–Kier alpha value is -1.30. The van der Waals surface area contributed by atoms with Crippen molar-refractivity contribution >= 4 is 29.9 Å². The number of hydrogen-bond donors (Lipinski definition) is 1. The van der Waals surface area contributed by atoms with Gasteiger partial charge in [0.2, 0.25) is 6.79 Å². The van der Waals surface area contributed by atoms with Crippen molar-refractivity contribution in [2.75, 3.05) is 67.0 Å². The van der Waals surface area contributed by atoms with Crippen LogP contribution in [0.3, 0.4) is 0 Å². The van der Waals surface area contributed by atoms with Gasteiger partial charge in [-0.2, -0.15) is 0 Å². The molecule has 3 aliphatic heterocycles. The van der Waals surface area contributed by atoms with Gasteiger partial charge in [0, 0.05) is 65.6 Å². The molecule has 2 saturated heterocycles. The highest BCUT2D eigenvalue weighted by Crippen LogP contribution is 2.40. The molecule has 0 aromatic heterocycles. The van der Waals surface area contributed by atoms with Crippen molar-refractivity contribution in [2.45, 2.75) is 43.6 Å². The monoisotopic (exact) mass is 575 g/mol. The molecular formula is C24H38IN3O5. The zero-order valence-corrected chi connectivity index (χ0v) is 22.2. The maximum absolute atomic E-state index is 6.01. The number of aliphatic imine (C=N–C) groups is 1. The van der Waals surface area contributed by atoms with Crippen LogP contribution in [0.25, 0.3) is 0 Å². The van der Waals surface area contributed by atoms with E-state index >= 15 is 0 Å². The topological polar surface area (TPSA) is 73.8 Å². The van der Waals surface area contributed by atoms with Crippen LogP contribution < -0.4 is 14.8 Å². The van der Waals surface area contributed by atoms with Crippen molar-refractivity contribution in [2.24, 2.45) is 4.99 Å². The first-order chi connectivity index (χ1) is 15.7. The van der Waals surface area contributed by atoms with Gasteiger partial charge in [0.05, 0.1) is 6.10 Å². The maximum Gasteiger partial charge on any atom is 0.231 e. The van der Waals surface area contributed by atoms with Crippen LogP contribution in [-0.4, -0.2) is 84.0 Å². The summed E-state index contributed by atoms with van der Waals surface area (Å²) in [6.07, 6.45) is 5.26. The van der Waals surface area contributed by atoms with Gasteiger partial charge in [-0.05, 0) is 49.8 Å². The second-order valence-corrected chi connectivity index (χ2v) is 8.77. The van der Waals surface area contributed by atoms with Crippen molar-refractivity contribution in [1.82, 2.24) is 10.2 Å². The van der Waals surface area contributed by atoms with Crippen LogP contribution in [0.2, 0.25) is 0 Å². The minimum Gasteiger partial charge on any atom is -0.454 e. The van der Waals surface area contributed by atoms with Gasteiger partial charge in [-0.15, -0.1) is 24.0 Å². The molecule has 1 N–H and O–H groups in total. The molecule has 0 radical (unpaired) electrons. The summed E-state index contributed by atoms with van der Waals surface area (Å²) in [4.78, 5) is 6.94. The lowest BCUT2D eigenvalue weighted by molar-refractivity contribution is 0.00968. The number of methoxy groups -OCH3 is 1. The van der Waals surface area contributed by atoms with Crippen LogP contribution in [0.5, 0.6) is 11.5 Å². The quantitative estimate of drug-likeness (QED) is 0.221. The summed E-state index contributed by atoms with van der Waals surface area (Å²) in [5.41, 5.74) is 1.26. The van der Waals surface area contributed by atoms with Crippen LogP contribution in [0.15, 0.2) is 23.2 Å². The molecule has 8 nitrogen and oxygen atoms in total. The van der Waals surface area contributed by atoms with Gasteiger partial charge in [0.15, 0.2) is 17.5 Å². The van der Waals surface area contributed by atoms with Crippen molar-refractivity contribution in [3.8, 4) is 11.5 Å². The van der Waals surface area contributed by atoms with Crippen molar-refractivity contribution in [1.29, 1.82) is 0 Å². The highest BCUT2D eigenvalue weighted by molar-refractivity contribution is 14.0. The Morgan fingerprint density at radius 1 is 1.15 bits per heavy atom. The second-order valence-electron chi connectivity index (χ2n) is 8.77. The van der Waals surface area contributed by atoms with E-state index in [-0.39, 0.29) is 29.4 Å². The molecule has 1 aromatic carbocycles. The number of hydrogen-bond acceptors (Lipinski definition) is 6. The zero-order chi connectivity index (χ0) is 22.2. The number of fused-ring (bicyclic) bond motifs is 1. The predicted molar refractivity (Wildman–Crippen MR) is 138 cm³/mol. The predicted octanol–water partition coefficient (Wildman–Crippen LogP) is 3.17. The first-order valence-electron chi connectivity index (χ1n) is 11.8. The van der Waals surface area contributed by atoms with Gasteiger partial charge in [0.1, 0.15) is 0 Å². The third kappa shape index (κ3) is 6.64. The molecule has 33 heavy (non-hydrogen) atoms. The summed E-state index contributed by atoms with van der Waals surface area (Å²) in [5, 5.41) is 3.68. The molecule has 0 aliphatic carbocycles. The van der Waals surface area contributed by atoms with Crippen LogP contribution >= 0.6 is 24.0 Å². The number of nitrogens with zero attached hydrogens (tertiary/aromatic N) is 2. The molecule has 3 heterocycles. The lowest BCUT2D eigenvalue weighted by Gasteiger charge is -2.40. The van der Waals surface area contributed by atoms with E-state index in [0.717, 1.165) is 95.6 Å². The maximum atomic E-state index is 6.01. The number of likely N-dealkylation sites (tertiary alicyclic amines) is 1. The van der Waals surface area contributed by atoms with Crippen LogP contribution in [0, 0.1) is 0 Å². The third-order valence-corrected chi connectivity index (χ3v) is 6.82. The van der Waals surface area contributed by atoms with E-state index < -0.39 is 0 Å². The summed E-state index contributed by atoms with van der Waals surface area (Å²) >= 11 is 0. The Kier molecular flexibility index (Phi) is 10.3. The molecule has 4 rings (SSSR count). The third-order valence-electron chi connectivity index (χ3n) is 6.82. The van der Waals surface area contributed by atoms with E-state index in [4.69, 9.17) is 23.7 Å². The summed E-state index contributed by atoms with van der Waals surface area (Å²) in [7, 11) is 3.60. The average Bonchev–Trinajstić information content (AvgIpc) is 3.32. The highest BCUT2D eigenvalue weighted by Gasteiger charge is 2.36. The number of piperidine rings is 1. The minimum atomic E-state index is -0.0159. The van der Waals surface area contributed by atoms with E-state index in [1.165, 1.54) is 5.56 Å². The largest absolute Gasteiger partial charge is 0.454 e. The Morgan fingerprint density at radius 3 is 2.64 bits per heavy atom. The standard InChI is InChI=1S/C24H37N3O5.HI/c1-25-23(27-10-6-20(7-11-27)30-13-3-12-28-2)26-17-24(8-14-29-15-9-24)19-4-5-21-22(16-19)32-18-31-21;/h4-5,16,20H,3,6-15,17-18H2,1-2H3,(H,25,26);1H. The van der Waals surface area contributed by atoms with Gasteiger partial charge >= 0.3 is 0 Å². The van der Waals surface area contributed by atoms with Crippen LogP contribution in [-0.2, 0) is 19.6 Å². The number of halogens is 1. The van der Waals surface area contributed by atoms with Crippen LogP contribution in [0.1, 0.15) is 37.7 Å². The highest BCUT2D eigenvalue weighted by atomic mass is 127. The number of nitrogens with one attached hydrogen (secondary N) is 1. The van der Waals surface area contributed by atoms with Crippen molar-refractivity contribution in [3.63, 3.8) is 0 Å². The smallest absolute Gasteiger partial charge is 0.231 e. The van der Waals surface area contributed by atoms with Crippen molar-refractivity contribution < 1.29 is 23.7 Å². The lowest BCUT2D eigenvalue weighted by Crippen LogP contribution is -2.51. The molecule has 9 heteroatoms. The fourth-order valence-corrected chi connectivity index (χ4v) is 4.82. The van der Waals surface area contributed by atoms with E-state index in [2.05, 4.69) is 27.3 Å². The fraction of sp³-hybridized carbons (Fsp3) is 0.708. The van der Waals surface area contributed by atoms with Gasteiger partial charge < -0.3 is 33.9 Å². The molecule has 0 amide bonds. The van der Waals surface area contributed by atoms with Crippen molar-refractivity contribution in [3.05, 3.63) is 23.8 Å².